The van der Waals surface area contributed by atoms with Gasteiger partial charge in [-0.1, -0.05) is 24.3 Å². The molecule has 0 spiro atoms. The first-order valence-corrected chi connectivity index (χ1v) is 6.08. The zero-order valence-electron chi connectivity index (χ0n) is 11.1. The van der Waals surface area contributed by atoms with Crippen molar-refractivity contribution in [1.29, 1.82) is 0 Å². The number of alkyl halides is 3. The van der Waals surface area contributed by atoms with E-state index in [1.54, 1.807) is 6.07 Å². The Kier molecular flexibility index (Phi) is 4.16. The molecule has 2 aromatic carbocycles. The second-order valence-corrected chi connectivity index (χ2v) is 4.30. The molecular formula is C15H10F3NO3. The molecule has 0 saturated heterocycles. The van der Waals surface area contributed by atoms with Crippen LogP contribution in [-0.2, 0) is 6.18 Å². The van der Waals surface area contributed by atoms with Crippen LogP contribution in [0.5, 0.6) is 5.75 Å². The highest BCUT2D eigenvalue weighted by Crippen LogP contribution is 2.38. The summed E-state index contributed by atoms with van der Waals surface area (Å²) in [6, 6.07) is 10.2. The molecule has 2 N–H and O–H groups in total. The fraction of sp³-hybridized carbons (Fsp3) is 0.0667. The molecule has 0 saturated carbocycles. The molecule has 114 valence electrons. The number of nitrogens with two attached hydrogens (primary N) is 1. The maximum absolute atomic E-state index is 13.0. The van der Waals surface area contributed by atoms with Crippen molar-refractivity contribution in [1.82, 2.24) is 0 Å². The number of halogens is 3. The van der Waals surface area contributed by atoms with Gasteiger partial charge in [-0.2, -0.15) is 13.2 Å². The number of ether oxygens (including phenoxy) is 1. The number of carbonyl (C=O) groups is 2. The average Bonchev–Trinajstić information content (AvgIpc) is 2.47. The van der Waals surface area contributed by atoms with Crippen molar-refractivity contribution in [2.45, 2.75) is 6.18 Å². The highest BCUT2D eigenvalue weighted by molar-refractivity contribution is 5.98. The summed E-state index contributed by atoms with van der Waals surface area (Å²) in [5.74, 6) is -3.03. The van der Waals surface area contributed by atoms with E-state index in [0.717, 1.165) is 12.1 Å². The number of primary amides is 1. The van der Waals surface area contributed by atoms with Gasteiger partial charge in [0, 0.05) is 0 Å². The largest absolute Gasteiger partial charge is 0.421 e. The quantitative estimate of drug-likeness (QED) is 0.700. The van der Waals surface area contributed by atoms with Crippen LogP contribution in [0.25, 0.3) is 0 Å². The Balaban J connectivity index is 2.49. The standard InChI is InChI=1S/C15H10F3NO3/c16-15(17,18)11-8-4-7-10(13(19)20)12(11)22-14(21)9-5-2-1-3-6-9/h1-8H,(H2,19,20). The smallest absolute Gasteiger partial charge is 0.420 e. The number of carbonyl (C=O) groups excluding carboxylic acids is 2. The van der Waals surface area contributed by atoms with E-state index < -0.39 is 34.9 Å². The molecule has 2 aromatic rings. The van der Waals surface area contributed by atoms with Crippen LogP contribution in [0.15, 0.2) is 48.5 Å². The highest BCUT2D eigenvalue weighted by atomic mass is 19.4. The predicted octanol–water partition coefficient (Wildman–Crippen LogP) is 3.02. The summed E-state index contributed by atoms with van der Waals surface area (Å²) >= 11 is 0. The van der Waals surface area contributed by atoms with Crippen molar-refractivity contribution in [2.75, 3.05) is 0 Å². The monoisotopic (exact) mass is 309 g/mol. The molecule has 2 rings (SSSR count). The number of amides is 1. The SMILES string of the molecule is NC(=O)c1cccc(C(F)(F)F)c1OC(=O)c1ccccc1. The molecule has 0 unspecified atom stereocenters. The van der Waals surface area contributed by atoms with Gasteiger partial charge in [-0.3, -0.25) is 4.79 Å². The molecular weight excluding hydrogens is 299 g/mol. The molecule has 0 radical (unpaired) electrons. The van der Waals surface area contributed by atoms with Crippen LogP contribution in [0.2, 0.25) is 0 Å². The van der Waals surface area contributed by atoms with Crippen molar-refractivity contribution in [3.05, 3.63) is 65.2 Å². The molecule has 0 aliphatic rings. The molecule has 0 aliphatic heterocycles. The van der Waals surface area contributed by atoms with Gasteiger partial charge in [0.15, 0.2) is 5.75 Å². The molecule has 22 heavy (non-hydrogen) atoms. The van der Waals surface area contributed by atoms with E-state index >= 15 is 0 Å². The number of para-hydroxylation sites is 1. The third-order valence-electron chi connectivity index (χ3n) is 2.79. The Morgan fingerprint density at radius 2 is 1.59 bits per heavy atom. The summed E-state index contributed by atoms with van der Waals surface area (Å²) < 4.78 is 43.8. The van der Waals surface area contributed by atoms with Gasteiger partial charge in [0.1, 0.15) is 0 Å². The maximum atomic E-state index is 13.0. The molecule has 0 fully saturated rings. The van der Waals surface area contributed by atoms with Gasteiger partial charge >= 0.3 is 12.1 Å². The van der Waals surface area contributed by atoms with Gasteiger partial charge in [-0.15, -0.1) is 0 Å². The summed E-state index contributed by atoms with van der Waals surface area (Å²) in [7, 11) is 0. The van der Waals surface area contributed by atoms with E-state index in [9.17, 15) is 22.8 Å². The topological polar surface area (TPSA) is 69.4 Å². The average molecular weight is 309 g/mol. The van der Waals surface area contributed by atoms with E-state index in [4.69, 9.17) is 10.5 Å². The number of rotatable bonds is 3. The summed E-state index contributed by atoms with van der Waals surface area (Å²) in [4.78, 5) is 23.2. The number of benzene rings is 2. The van der Waals surface area contributed by atoms with Gasteiger partial charge in [0.25, 0.3) is 5.91 Å². The molecule has 0 atom stereocenters. The van der Waals surface area contributed by atoms with Crippen LogP contribution in [-0.4, -0.2) is 11.9 Å². The molecule has 7 heteroatoms. The number of hydrogen-bond donors (Lipinski definition) is 1. The Morgan fingerprint density at radius 3 is 2.14 bits per heavy atom. The minimum atomic E-state index is -4.79. The molecule has 0 aromatic heterocycles. The van der Waals surface area contributed by atoms with Gasteiger partial charge in [-0.05, 0) is 24.3 Å². The Hall–Kier alpha value is -2.83. The van der Waals surface area contributed by atoms with Crippen LogP contribution < -0.4 is 10.5 Å². The zero-order valence-corrected chi connectivity index (χ0v) is 11.1. The molecule has 0 bridgehead atoms. The number of esters is 1. The van der Waals surface area contributed by atoms with Gasteiger partial charge in [0.05, 0.1) is 16.7 Å². The van der Waals surface area contributed by atoms with Gasteiger partial charge in [-0.25, -0.2) is 4.79 Å². The minimum absolute atomic E-state index is 0.0508. The van der Waals surface area contributed by atoms with Crippen LogP contribution in [0.3, 0.4) is 0 Å². The molecule has 1 amide bonds. The van der Waals surface area contributed by atoms with Crippen molar-refractivity contribution in [3.8, 4) is 5.75 Å². The lowest BCUT2D eigenvalue weighted by Gasteiger charge is -2.15. The van der Waals surface area contributed by atoms with E-state index in [0.29, 0.717) is 6.07 Å². The lowest BCUT2D eigenvalue weighted by molar-refractivity contribution is -0.138. The second-order valence-electron chi connectivity index (χ2n) is 4.30. The van der Waals surface area contributed by atoms with Crippen LogP contribution in [0.1, 0.15) is 26.3 Å². The Morgan fingerprint density at radius 1 is 0.955 bits per heavy atom. The summed E-state index contributed by atoms with van der Waals surface area (Å²) in [6.45, 7) is 0. The zero-order chi connectivity index (χ0) is 16.3. The van der Waals surface area contributed by atoms with E-state index in [1.807, 2.05) is 0 Å². The number of hydrogen-bond acceptors (Lipinski definition) is 3. The first-order chi connectivity index (χ1) is 10.3. The molecule has 0 heterocycles. The van der Waals surface area contributed by atoms with Crippen LogP contribution in [0, 0.1) is 0 Å². The predicted molar refractivity (Wildman–Crippen MR) is 71.4 cm³/mol. The first kappa shape index (κ1) is 15.6. The van der Waals surface area contributed by atoms with Gasteiger partial charge < -0.3 is 10.5 Å². The Bertz CT molecular complexity index is 712. The van der Waals surface area contributed by atoms with Crippen LogP contribution in [0.4, 0.5) is 13.2 Å². The third-order valence-corrected chi connectivity index (χ3v) is 2.79. The van der Waals surface area contributed by atoms with Crippen molar-refractivity contribution in [2.24, 2.45) is 5.73 Å². The molecule has 0 aliphatic carbocycles. The van der Waals surface area contributed by atoms with E-state index in [2.05, 4.69) is 0 Å². The fourth-order valence-corrected chi connectivity index (χ4v) is 1.79. The highest BCUT2D eigenvalue weighted by Gasteiger charge is 2.37. The minimum Gasteiger partial charge on any atom is -0.421 e. The van der Waals surface area contributed by atoms with Crippen molar-refractivity contribution < 1.29 is 27.5 Å². The van der Waals surface area contributed by atoms with Gasteiger partial charge in [0.2, 0.25) is 0 Å². The van der Waals surface area contributed by atoms with Crippen molar-refractivity contribution in [3.63, 3.8) is 0 Å². The fourth-order valence-electron chi connectivity index (χ4n) is 1.79. The summed E-state index contributed by atoms with van der Waals surface area (Å²) in [5, 5.41) is 0. The summed E-state index contributed by atoms with van der Waals surface area (Å²) in [6.07, 6.45) is -4.79. The normalized spacial score (nSPS) is 11.0. The maximum Gasteiger partial charge on any atom is 0.420 e. The lowest BCUT2D eigenvalue weighted by Crippen LogP contribution is -2.19. The van der Waals surface area contributed by atoms with E-state index in [1.165, 1.54) is 24.3 Å². The van der Waals surface area contributed by atoms with Crippen molar-refractivity contribution >= 4 is 11.9 Å². The summed E-state index contributed by atoms with van der Waals surface area (Å²) in [5.41, 5.74) is 3.34. The first-order valence-electron chi connectivity index (χ1n) is 6.08. The lowest BCUT2D eigenvalue weighted by atomic mass is 10.1. The second kappa shape index (κ2) is 5.88. The Labute approximate surface area is 123 Å². The molecule has 4 nitrogen and oxygen atoms in total. The van der Waals surface area contributed by atoms with Crippen LogP contribution >= 0.6 is 0 Å². The third kappa shape index (κ3) is 3.25. The van der Waals surface area contributed by atoms with E-state index in [-0.39, 0.29) is 5.56 Å².